The van der Waals surface area contributed by atoms with Crippen LogP contribution in [0.4, 0.5) is 0 Å². The summed E-state index contributed by atoms with van der Waals surface area (Å²) in [5.41, 5.74) is 3.74. The number of oxazole rings is 1. The van der Waals surface area contributed by atoms with Crippen LogP contribution in [-0.2, 0) is 17.8 Å². The van der Waals surface area contributed by atoms with Crippen LogP contribution in [0.5, 0.6) is 0 Å². The Morgan fingerprint density at radius 3 is 2.57 bits per heavy atom. The first-order valence-electron chi connectivity index (χ1n) is 10.4. The molecular formula is C23H28N4O3. The SMILES string of the molecule is Cc1noc(C)c1CN1CCCN(C(=O)Cc2nc(-c3ccccc3)oc2C)CC1. The van der Waals surface area contributed by atoms with Crippen LogP contribution in [0.25, 0.3) is 11.5 Å². The van der Waals surface area contributed by atoms with Crippen LogP contribution >= 0.6 is 0 Å². The lowest BCUT2D eigenvalue weighted by molar-refractivity contribution is -0.130. The number of benzene rings is 1. The lowest BCUT2D eigenvalue weighted by Gasteiger charge is -2.21. The molecule has 3 heterocycles. The summed E-state index contributed by atoms with van der Waals surface area (Å²) >= 11 is 0. The van der Waals surface area contributed by atoms with Crippen molar-refractivity contribution in [3.05, 3.63) is 58.8 Å². The number of aryl methyl sites for hydroxylation is 3. The van der Waals surface area contributed by atoms with Crippen LogP contribution in [0.1, 0.15) is 34.9 Å². The van der Waals surface area contributed by atoms with Crippen molar-refractivity contribution in [2.75, 3.05) is 26.2 Å². The highest BCUT2D eigenvalue weighted by molar-refractivity contribution is 5.78. The highest BCUT2D eigenvalue weighted by atomic mass is 16.5. The number of carbonyl (C=O) groups is 1. The minimum absolute atomic E-state index is 0.102. The average molecular weight is 409 g/mol. The van der Waals surface area contributed by atoms with E-state index in [0.717, 1.165) is 60.9 Å². The lowest BCUT2D eigenvalue weighted by Crippen LogP contribution is -2.36. The molecule has 1 aliphatic heterocycles. The third-order valence-corrected chi connectivity index (χ3v) is 5.74. The molecule has 3 aromatic rings. The van der Waals surface area contributed by atoms with Crippen LogP contribution in [0.3, 0.4) is 0 Å². The molecule has 7 heteroatoms. The van der Waals surface area contributed by atoms with E-state index in [4.69, 9.17) is 8.94 Å². The maximum absolute atomic E-state index is 13.0. The largest absolute Gasteiger partial charge is 0.441 e. The number of hydrogen-bond donors (Lipinski definition) is 0. The Bertz CT molecular complexity index is 989. The molecule has 0 aliphatic carbocycles. The van der Waals surface area contributed by atoms with Crippen LogP contribution in [-0.4, -0.2) is 52.0 Å². The van der Waals surface area contributed by atoms with Gasteiger partial charge in [-0.15, -0.1) is 0 Å². The maximum Gasteiger partial charge on any atom is 0.228 e. The molecule has 0 bridgehead atoms. The number of amides is 1. The second kappa shape index (κ2) is 8.83. The fourth-order valence-electron chi connectivity index (χ4n) is 3.88. The second-order valence-electron chi connectivity index (χ2n) is 7.88. The standard InChI is InChI=1S/C23H28N4O3/c1-16-20(17(2)30-25-16)15-26-10-7-11-27(13-12-26)22(28)14-21-18(3)29-23(24-21)19-8-5-4-6-9-19/h4-6,8-9H,7,10-15H2,1-3H3. The minimum Gasteiger partial charge on any atom is -0.441 e. The maximum atomic E-state index is 13.0. The smallest absolute Gasteiger partial charge is 0.228 e. The van der Waals surface area contributed by atoms with Gasteiger partial charge in [-0.05, 0) is 39.3 Å². The van der Waals surface area contributed by atoms with Crippen LogP contribution in [0.15, 0.2) is 39.3 Å². The number of nitrogens with zero attached hydrogens (tertiary/aromatic N) is 4. The molecular weight excluding hydrogens is 380 g/mol. The quantitative estimate of drug-likeness (QED) is 0.643. The zero-order chi connectivity index (χ0) is 21.1. The highest BCUT2D eigenvalue weighted by Gasteiger charge is 2.23. The van der Waals surface area contributed by atoms with Crippen molar-refractivity contribution in [1.82, 2.24) is 19.9 Å². The van der Waals surface area contributed by atoms with E-state index in [-0.39, 0.29) is 12.3 Å². The minimum atomic E-state index is 0.102. The third-order valence-electron chi connectivity index (χ3n) is 5.74. The van der Waals surface area contributed by atoms with Gasteiger partial charge in [-0.1, -0.05) is 23.4 Å². The van der Waals surface area contributed by atoms with Crippen molar-refractivity contribution in [3.63, 3.8) is 0 Å². The molecule has 0 N–H and O–H groups in total. The van der Waals surface area contributed by atoms with E-state index in [9.17, 15) is 4.79 Å². The van der Waals surface area contributed by atoms with E-state index in [2.05, 4.69) is 15.0 Å². The summed E-state index contributed by atoms with van der Waals surface area (Å²) < 4.78 is 11.1. The van der Waals surface area contributed by atoms with E-state index in [0.29, 0.717) is 18.2 Å². The first-order chi connectivity index (χ1) is 14.5. The predicted molar refractivity (Wildman–Crippen MR) is 113 cm³/mol. The molecule has 0 radical (unpaired) electrons. The summed E-state index contributed by atoms with van der Waals surface area (Å²) in [6, 6.07) is 9.77. The van der Waals surface area contributed by atoms with Crippen LogP contribution < -0.4 is 0 Å². The molecule has 1 amide bonds. The molecule has 0 saturated carbocycles. The van der Waals surface area contributed by atoms with Crippen LogP contribution in [0, 0.1) is 20.8 Å². The van der Waals surface area contributed by atoms with E-state index < -0.39 is 0 Å². The predicted octanol–water partition coefficient (Wildman–Crippen LogP) is 3.53. The molecule has 7 nitrogen and oxygen atoms in total. The Kier molecular flexibility index (Phi) is 5.99. The molecule has 0 unspecified atom stereocenters. The van der Waals surface area contributed by atoms with Gasteiger partial charge in [-0.25, -0.2) is 4.98 Å². The number of carbonyl (C=O) groups excluding carboxylic acids is 1. The summed E-state index contributed by atoms with van der Waals surface area (Å²) in [6.45, 7) is 9.88. The number of hydrogen-bond acceptors (Lipinski definition) is 6. The van der Waals surface area contributed by atoms with E-state index >= 15 is 0 Å². The van der Waals surface area contributed by atoms with Crippen molar-refractivity contribution >= 4 is 5.91 Å². The van der Waals surface area contributed by atoms with Crippen molar-refractivity contribution in [2.24, 2.45) is 0 Å². The van der Waals surface area contributed by atoms with E-state index in [1.54, 1.807) is 0 Å². The number of rotatable bonds is 5. The molecule has 1 saturated heterocycles. The Morgan fingerprint density at radius 2 is 1.83 bits per heavy atom. The van der Waals surface area contributed by atoms with Gasteiger partial charge in [-0.3, -0.25) is 9.69 Å². The van der Waals surface area contributed by atoms with Crippen molar-refractivity contribution in [1.29, 1.82) is 0 Å². The van der Waals surface area contributed by atoms with E-state index in [1.807, 2.05) is 56.0 Å². The molecule has 0 atom stereocenters. The summed E-state index contributed by atoms with van der Waals surface area (Å²) in [4.78, 5) is 21.8. The zero-order valence-electron chi connectivity index (χ0n) is 17.9. The normalized spacial score (nSPS) is 15.4. The molecule has 4 rings (SSSR count). The van der Waals surface area contributed by atoms with Gasteiger partial charge in [0.25, 0.3) is 0 Å². The van der Waals surface area contributed by atoms with Gasteiger partial charge in [0.1, 0.15) is 11.5 Å². The first-order valence-corrected chi connectivity index (χ1v) is 10.4. The van der Waals surface area contributed by atoms with Crippen LogP contribution in [0.2, 0.25) is 0 Å². The highest BCUT2D eigenvalue weighted by Crippen LogP contribution is 2.22. The van der Waals surface area contributed by atoms with Gasteiger partial charge >= 0.3 is 0 Å². The summed E-state index contributed by atoms with van der Waals surface area (Å²) in [7, 11) is 0. The van der Waals surface area contributed by atoms with E-state index in [1.165, 1.54) is 0 Å². The molecule has 158 valence electrons. The third kappa shape index (κ3) is 4.46. The Hall–Kier alpha value is -2.93. The molecule has 2 aromatic heterocycles. The fraction of sp³-hybridized carbons (Fsp3) is 0.435. The Labute approximate surface area is 176 Å². The Morgan fingerprint density at radius 1 is 1.03 bits per heavy atom. The Balaban J connectivity index is 1.37. The molecule has 1 fully saturated rings. The monoisotopic (exact) mass is 408 g/mol. The second-order valence-corrected chi connectivity index (χ2v) is 7.88. The summed E-state index contributed by atoms with van der Waals surface area (Å²) in [5.74, 6) is 2.25. The molecule has 30 heavy (non-hydrogen) atoms. The van der Waals surface area contributed by atoms with Gasteiger partial charge in [0.2, 0.25) is 11.8 Å². The fourth-order valence-corrected chi connectivity index (χ4v) is 3.88. The first kappa shape index (κ1) is 20.3. The topological polar surface area (TPSA) is 75.6 Å². The summed E-state index contributed by atoms with van der Waals surface area (Å²) in [6.07, 6.45) is 1.22. The van der Waals surface area contributed by atoms with Crippen molar-refractivity contribution < 1.29 is 13.7 Å². The van der Waals surface area contributed by atoms with Gasteiger partial charge in [0, 0.05) is 43.9 Å². The average Bonchev–Trinajstić information content (AvgIpc) is 3.15. The van der Waals surface area contributed by atoms with Gasteiger partial charge < -0.3 is 13.8 Å². The molecule has 0 spiro atoms. The van der Waals surface area contributed by atoms with Gasteiger partial charge in [0.15, 0.2) is 0 Å². The summed E-state index contributed by atoms with van der Waals surface area (Å²) in [5, 5.41) is 4.05. The zero-order valence-corrected chi connectivity index (χ0v) is 17.9. The molecule has 1 aliphatic rings. The van der Waals surface area contributed by atoms with Gasteiger partial charge in [-0.2, -0.15) is 0 Å². The van der Waals surface area contributed by atoms with Gasteiger partial charge in [0.05, 0.1) is 17.8 Å². The lowest BCUT2D eigenvalue weighted by atomic mass is 10.2. The van der Waals surface area contributed by atoms with Crippen molar-refractivity contribution in [2.45, 2.75) is 40.2 Å². The van der Waals surface area contributed by atoms with Crippen molar-refractivity contribution in [3.8, 4) is 11.5 Å². The number of aromatic nitrogens is 2. The molecule has 1 aromatic carbocycles.